The van der Waals surface area contributed by atoms with Crippen LogP contribution in [0.4, 0.5) is 0 Å². The van der Waals surface area contributed by atoms with Gasteiger partial charge in [-0.05, 0) is 57.8 Å². The van der Waals surface area contributed by atoms with Crippen molar-refractivity contribution in [2.45, 2.75) is 188 Å². The molecule has 0 aromatic heterocycles. The van der Waals surface area contributed by atoms with Crippen molar-refractivity contribution in [2.24, 2.45) is 0 Å². The number of rotatable bonds is 28. The van der Waals surface area contributed by atoms with E-state index in [1.165, 1.54) is 135 Å². The van der Waals surface area contributed by atoms with Gasteiger partial charge in [-0.3, -0.25) is 0 Å². The number of halogens is 1. The van der Waals surface area contributed by atoms with Crippen molar-refractivity contribution >= 4 is 7.26 Å². The van der Waals surface area contributed by atoms with E-state index in [9.17, 15) is 0 Å². The smallest absolute Gasteiger partial charge is 0.0770 e. The lowest BCUT2D eigenvalue weighted by atomic mass is 10.1. The van der Waals surface area contributed by atoms with Crippen LogP contribution >= 0.6 is 7.26 Å². The van der Waals surface area contributed by atoms with E-state index >= 15 is 0 Å². The third kappa shape index (κ3) is 31.4. The van der Waals surface area contributed by atoms with Gasteiger partial charge in [-0.2, -0.15) is 0 Å². The van der Waals surface area contributed by atoms with Crippen LogP contribution < -0.4 is 17.0 Å². The summed E-state index contributed by atoms with van der Waals surface area (Å²) in [5.74, 6) is 0. The largest absolute Gasteiger partial charge is 1.00 e. The molecule has 4 heteroatoms. The number of aliphatic hydroxyl groups is 2. The van der Waals surface area contributed by atoms with Crippen LogP contribution in [-0.2, 0) is 0 Å². The minimum absolute atomic E-state index is 0. The summed E-state index contributed by atoms with van der Waals surface area (Å²) in [7, 11) is -0.657. The number of unbranched alkanes of at least 4 members (excludes halogenated alkanes) is 17. The molecule has 2 N–H and O–H groups in total. The molecule has 0 aliphatic rings. The van der Waals surface area contributed by atoms with Crippen LogP contribution in [0.15, 0.2) is 0 Å². The van der Waals surface area contributed by atoms with E-state index in [2.05, 4.69) is 34.6 Å². The van der Waals surface area contributed by atoms with E-state index < -0.39 is 13.4 Å². The molecule has 0 aromatic rings. The van der Waals surface area contributed by atoms with Gasteiger partial charge in [0.05, 0.1) is 37.4 Å². The Hall–Kier alpha value is 0.830. The highest BCUT2D eigenvalue weighted by Crippen LogP contribution is 2.61. The molecule has 1 unspecified atom stereocenters. The lowest BCUT2D eigenvalue weighted by Gasteiger charge is -2.28. The fourth-order valence-corrected chi connectivity index (χ4v) is 10.3. The first kappa shape index (κ1) is 43.3. The molecular formula is C34H74BrO2P. The standard InChI is InChI=1S/C24H52P.C10H22O2.BrH/c1-5-9-13-17-21-25(22-18-14-10-6-2,23-19-15-11-7-3)24-20-16-12-8-4;1-2-3-4-5-6-7-8-10(12)9-11;/h5-24H2,1-4H3;10-12H,2-9H2,1H3;1H/q+1;;/p-1. The Morgan fingerprint density at radius 3 is 0.974 bits per heavy atom. The Bertz CT molecular complexity index is 354. The first-order valence-corrected chi connectivity index (χ1v) is 19.7. The van der Waals surface area contributed by atoms with Gasteiger partial charge in [0.15, 0.2) is 0 Å². The fraction of sp³-hybridized carbons (Fsp3) is 1.00. The maximum Gasteiger partial charge on any atom is 0.0770 e. The van der Waals surface area contributed by atoms with Gasteiger partial charge >= 0.3 is 0 Å². The molecule has 0 radical (unpaired) electrons. The Kier molecular flexibility index (Phi) is 40.8. The van der Waals surface area contributed by atoms with Gasteiger partial charge in [-0.25, -0.2) is 0 Å². The minimum atomic E-state index is -0.657. The van der Waals surface area contributed by atoms with Crippen molar-refractivity contribution in [2.75, 3.05) is 31.3 Å². The second-order valence-corrected chi connectivity index (χ2v) is 16.3. The molecule has 234 valence electrons. The lowest BCUT2D eigenvalue weighted by molar-refractivity contribution is -0.0000105. The maximum atomic E-state index is 9.01. The average molecular weight is 626 g/mol. The Morgan fingerprint density at radius 1 is 0.421 bits per heavy atom. The molecule has 0 saturated heterocycles. The summed E-state index contributed by atoms with van der Waals surface area (Å²) in [4.78, 5) is 0. The molecule has 2 nitrogen and oxygen atoms in total. The molecule has 1 atom stereocenters. The van der Waals surface area contributed by atoms with Crippen LogP contribution in [0.1, 0.15) is 182 Å². The highest BCUT2D eigenvalue weighted by Gasteiger charge is 2.34. The summed E-state index contributed by atoms with van der Waals surface area (Å²) in [6, 6.07) is 0. The van der Waals surface area contributed by atoms with Gasteiger partial charge in [0.25, 0.3) is 0 Å². The zero-order chi connectivity index (χ0) is 27.9. The fourth-order valence-electron chi connectivity index (χ4n) is 5.42. The summed E-state index contributed by atoms with van der Waals surface area (Å²) >= 11 is 0. The second-order valence-electron chi connectivity index (χ2n) is 11.9. The van der Waals surface area contributed by atoms with E-state index in [-0.39, 0.29) is 23.6 Å². The highest BCUT2D eigenvalue weighted by atomic mass is 79.9. The van der Waals surface area contributed by atoms with Crippen LogP contribution in [0.25, 0.3) is 0 Å². The molecule has 0 aromatic carbocycles. The molecule has 0 amide bonds. The van der Waals surface area contributed by atoms with Crippen molar-refractivity contribution < 1.29 is 27.2 Å². The zero-order valence-electron chi connectivity index (χ0n) is 27.1. The Labute approximate surface area is 253 Å². The minimum Gasteiger partial charge on any atom is -1.00 e. The van der Waals surface area contributed by atoms with Crippen molar-refractivity contribution in [3.63, 3.8) is 0 Å². The predicted octanol–water partition coefficient (Wildman–Crippen LogP) is 8.42. The van der Waals surface area contributed by atoms with Crippen LogP contribution in [0.5, 0.6) is 0 Å². The van der Waals surface area contributed by atoms with Crippen LogP contribution in [0.2, 0.25) is 0 Å². The zero-order valence-corrected chi connectivity index (χ0v) is 29.6. The third-order valence-electron chi connectivity index (χ3n) is 8.05. The van der Waals surface area contributed by atoms with E-state index in [0.29, 0.717) is 0 Å². The van der Waals surface area contributed by atoms with Crippen molar-refractivity contribution in [3.05, 3.63) is 0 Å². The first-order valence-electron chi connectivity index (χ1n) is 17.2. The normalized spacial score (nSPS) is 12.1. The SMILES string of the molecule is CCCCCCCCC(O)CO.CCCCCC[P+](CCCCCC)(CCCCCC)CCCCCC.[Br-]. The van der Waals surface area contributed by atoms with Gasteiger partial charge < -0.3 is 27.2 Å². The Balaban J connectivity index is -0.000000794. The molecule has 38 heavy (non-hydrogen) atoms. The van der Waals surface area contributed by atoms with E-state index in [1.807, 2.05) is 0 Å². The van der Waals surface area contributed by atoms with Gasteiger partial charge in [-0.15, -0.1) is 0 Å². The number of aliphatic hydroxyl groups excluding tert-OH is 2. The predicted molar refractivity (Wildman–Crippen MR) is 174 cm³/mol. The molecule has 0 aliphatic heterocycles. The molecule has 0 fully saturated rings. The summed E-state index contributed by atoms with van der Waals surface area (Å²) in [5.41, 5.74) is 0. The average Bonchev–Trinajstić information content (AvgIpc) is 2.91. The van der Waals surface area contributed by atoms with Crippen molar-refractivity contribution in [1.82, 2.24) is 0 Å². The number of hydrogen-bond acceptors (Lipinski definition) is 2. The summed E-state index contributed by atoms with van der Waals surface area (Å²) in [6.07, 6.45) is 37.7. The summed E-state index contributed by atoms with van der Waals surface area (Å²) in [5, 5.41) is 17.5. The lowest BCUT2D eigenvalue weighted by Crippen LogP contribution is -3.00. The molecule has 0 rings (SSSR count). The summed E-state index contributed by atoms with van der Waals surface area (Å²) < 4.78 is 0. The molecular weight excluding hydrogens is 551 g/mol. The van der Waals surface area contributed by atoms with Crippen LogP contribution in [-0.4, -0.2) is 47.6 Å². The van der Waals surface area contributed by atoms with Gasteiger partial charge in [0.2, 0.25) is 0 Å². The van der Waals surface area contributed by atoms with Gasteiger partial charge in [0.1, 0.15) is 0 Å². The summed E-state index contributed by atoms with van der Waals surface area (Å²) in [6.45, 7) is 11.5. The molecule has 0 spiro atoms. The number of hydrogen-bond donors (Lipinski definition) is 2. The molecule has 0 saturated carbocycles. The maximum absolute atomic E-state index is 9.01. The quantitative estimate of drug-likeness (QED) is 0.0677. The van der Waals surface area contributed by atoms with E-state index in [1.54, 1.807) is 24.6 Å². The van der Waals surface area contributed by atoms with Crippen LogP contribution in [0.3, 0.4) is 0 Å². The topological polar surface area (TPSA) is 40.5 Å². The van der Waals surface area contributed by atoms with Crippen molar-refractivity contribution in [3.8, 4) is 0 Å². The van der Waals surface area contributed by atoms with Crippen LogP contribution in [0, 0.1) is 0 Å². The molecule has 0 aliphatic carbocycles. The van der Waals surface area contributed by atoms with E-state index in [4.69, 9.17) is 10.2 Å². The first-order chi connectivity index (χ1) is 18.1. The van der Waals surface area contributed by atoms with E-state index in [0.717, 1.165) is 12.8 Å². The molecule has 0 bridgehead atoms. The molecule has 0 heterocycles. The van der Waals surface area contributed by atoms with Gasteiger partial charge in [-0.1, -0.05) is 125 Å². The highest BCUT2D eigenvalue weighted by molar-refractivity contribution is 7.75. The monoisotopic (exact) mass is 624 g/mol. The Morgan fingerprint density at radius 2 is 0.684 bits per heavy atom. The van der Waals surface area contributed by atoms with Gasteiger partial charge in [0, 0.05) is 7.26 Å². The second kappa shape index (κ2) is 35.9. The van der Waals surface area contributed by atoms with Crippen molar-refractivity contribution in [1.29, 1.82) is 0 Å². The third-order valence-corrected chi connectivity index (χ3v) is 13.1.